The van der Waals surface area contributed by atoms with E-state index < -0.39 is 9.84 Å². The van der Waals surface area contributed by atoms with Gasteiger partial charge in [0.15, 0.2) is 9.84 Å². The van der Waals surface area contributed by atoms with Gasteiger partial charge in [-0.3, -0.25) is 9.78 Å². The first-order chi connectivity index (χ1) is 12.5. The third kappa shape index (κ3) is 4.37. The first kappa shape index (κ1) is 18.3. The lowest BCUT2D eigenvalue weighted by molar-refractivity contribution is 0.0950. The quantitative estimate of drug-likeness (QED) is 0.822. The lowest BCUT2D eigenvalue weighted by Gasteiger charge is -2.27. The van der Waals surface area contributed by atoms with Crippen LogP contribution in [0.4, 0.5) is 5.82 Å². The van der Waals surface area contributed by atoms with Gasteiger partial charge in [0.05, 0.1) is 17.1 Å². The van der Waals surface area contributed by atoms with Crippen molar-refractivity contribution in [3.63, 3.8) is 0 Å². The van der Waals surface area contributed by atoms with Crippen molar-refractivity contribution in [3.8, 4) is 0 Å². The lowest BCUT2D eigenvalue weighted by Crippen LogP contribution is -2.36. The summed E-state index contributed by atoms with van der Waals surface area (Å²) < 4.78 is 23.4. The molecular formula is C18H22N4O3S. The number of rotatable bonds is 6. The maximum atomic E-state index is 12.3. The van der Waals surface area contributed by atoms with E-state index in [0.717, 1.165) is 5.56 Å². The molecular weight excluding hydrogens is 352 g/mol. The summed E-state index contributed by atoms with van der Waals surface area (Å²) in [5.41, 5.74) is 1.44. The predicted molar refractivity (Wildman–Crippen MR) is 99.7 cm³/mol. The van der Waals surface area contributed by atoms with Gasteiger partial charge in [-0.25, -0.2) is 13.4 Å². The molecule has 0 aliphatic carbocycles. The summed E-state index contributed by atoms with van der Waals surface area (Å²) in [6, 6.07) is 7.13. The molecule has 3 heterocycles. The van der Waals surface area contributed by atoms with Gasteiger partial charge in [0.2, 0.25) is 0 Å². The van der Waals surface area contributed by atoms with Gasteiger partial charge in [0.25, 0.3) is 5.91 Å². The Morgan fingerprint density at radius 1 is 1.27 bits per heavy atom. The summed E-state index contributed by atoms with van der Waals surface area (Å²) in [4.78, 5) is 22.6. The fraction of sp³-hybridized carbons (Fsp3) is 0.389. The van der Waals surface area contributed by atoms with Crippen molar-refractivity contribution in [2.24, 2.45) is 0 Å². The molecule has 1 atom stereocenters. The van der Waals surface area contributed by atoms with Crippen LogP contribution >= 0.6 is 0 Å². The molecule has 138 valence electrons. The van der Waals surface area contributed by atoms with Crippen molar-refractivity contribution >= 4 is 21.6 Å². The highest BCUT2D eigenvalue weighted by atomic mass is 32.2. The number of carbonyl (C=O) groups excluding carboxylic acids is 1. The van der Waals surface area contributed by atoms with Crippen LogP contribution in [0.5, 0.6) is 0 Å². The lowest BCUT2D eigenvalue weighted by atomic mass is 10.2. The SMILES string of the molecule is CCN(c1ccc(C(=O)NCc2ccncc2)cn1)C1CCS(=O)(=O)C1. The van der Waals surface area contributed by atoms with Gasteiger partial charge in [-0.15, -0.1) is 0 Å². The fourth-order valence-electron chi connectivity index (χ4n) is 3.10. The molecule has 0 radical (unpaired) electrons. The molecule has 1 aliphatic rings. The van der Waals surface area contributed by atoms with E-state index in [1.165, 1.54) is 6.20 Å². The van der Waals surface area contributed by atoms with Crippen molar-refractivity contribution in [2.45, 2.75) is 25.9 Å². The van der Waals surface area contributed by atoms with E-state index >= 15 is 0 Å². The highest BCUT2D eigenvalue weighted by Gasteiger charge is 2.32. The minimum absolute atomic E-state index is 0.0520. The average molecular weight is 374 g/mol. The first-order valence-corrected chi connectivity index (χ1v) is 10.4. The Morgan fingerprint density at radius 2 is 2.04 bits per heavy atom. The van der Waals surface area contributed by atoms with Crippen LogP contribution in [0, 0.1) is 0 Å². The topological polar surface area (TPSA) is 92.3 Å². The maximum absolute atomic E-state index is 12.3. The van der Waals surface area contributed by atoms with Crippen LogP contribution in [0.25, 0.3) is 0 Å². The predicted octanol–water partition coefficient (Wildman–Crippen LogP) is 1.42. The van der Waals surface area contributed by atoms with Crippen molar-refractivity contribution in [1.82, 2.24) is 15.3 Å². The molecule has 1 N–H and O–H groups in total. The Kier molecular flexibility index (Phi) is 5.51. The Bertz CT molecular complexity index is 854. The van der Waals surface area contributed by atoms with Crippen LogP contribution in [-0.4, -0.2) is 48.4 Å². The number of nitrogens with zero attached hydrogens (tertiary/aromatic N) is 3. The minimum atomic E-state index is -2.95. The van der Waals surface area contributed by atoms with Crippen molar-refractivity contribution in [3.05, 3.63) is 54.0 Å². The molecule has 1 aliphatic heterocycles. The average Bonchev–Trinajstić information content (AvgIpc) is 3.01. The highest BCUT2D eigenvalue weighted by Crippen LogP contribution is 2.22. The number of hydrogen-bond donors (Lipinski definition) is 1. The number of sulfone groups is 1. The largest absolute Gasteiger partial charge is 0.353 e. The number of anilines is 1. The summed E-state index contributed by atoms with van der Waals surface area (Å²) >= 11 is 0. The van der Waals surface area contributed by atoms with Crippen LogP contribution in [0.3, 0.4) is 0 Å². The van der Waals surface area contributed by atoms with Gasteiger partial charge in [-0.1, -0.05) is 0 Å². The Hall–Kier alpha value is -2.48. The Balaban J connectivity index is 1.64. The first-order valence-electron chi connectivity index (χ1n) is 8.59. The van der Waals surface area contributed by atoms with Gasteiger partial charge in [0, 0.05) is 37.7 Å². The monoisotopic (exact) mass is 374 g/mol. The summed E-state index contributed by atoms with van der Waals surface area (Å²) in [6.07, 6.45) is 5.51. The van der Waals surface area contributed by atoms with Crippen molar-refractivity contribution in [2.75, 3.05) is 23.0 Å². The molecule has 0 aromatic carbocycles. The van der Waals surface area contributed by atoms with Crippen LogP contribution in [0.1, 0.15) is 29.3 Å². The van der Waals surface area contributed by atoms with E-state index in [1.54, 1.807) is 24.5 Å². The second-order valence-corrected chi connectivity index (χ2v) is 8.51. The van der Waals surface area contributed by atoms with Gasteiger partial charge >= 0.3 is 0 Å². The smallest absolute Gasteiger partial charge is 0.253 e. The number of carbonyl (C=O) groups is 1. The molecule has 1 fully saturated rings. The molecule has 1 unspecified atom stereocenters. The third-order valence-electron chi connectivity index (χ3n) is 4.50. The fourth-order valence-corrected chi connectivity index (χ4v) is 4.83. The van der Waals surface area contributed by atoms with E-state index in [0.29, 0.717) is 30.9 Å². The standard InChI is InChI=1S/C18H22N4O3S/c1-2-22(16-7-10-26(24,25)13-16)17-4-3-15(12-20-17)18(23)21-11-14-5-8-19-9-6-14/h3-6,8-9,12,16H,2,7,10-11,13H2,1H3,(H,21,23). The van der Waals surface area contributed by atoms with E-state index in [2.05, 4.69) is 15.3 Å². The van der Waals surface area contributed by atoms with Gasteiger partial charge < -0.3 is 10.2 Å². The molecule has 26 heavy (non-hydrogen) atoms. The van der Waals surface area contributed by atoms with E-state index in [4.69, 9.17) is 0 Å². The zero-order chi connectivity index (χ0) is 18.6. The Morgan fingerprint density at radius 3 is 2.62 bits per heavy atom. The van der Waals surface area contributed by atoms with Crippen molar-refractivity contribution in [1.29, 1.82) is 0 Å². The highest BCUT2D eigenvalue weighted by molar-refractivity contribution is 7.91. The summed E-state index contributed by atoms with van der Waals surface area (Å²) in [5.74, 6) is 0.882. The van der Waals surface area contributed by atoms with Crippen LogP contribution < -0.4 is 10.2 Å². The number of hydrogen-bond acceptors (Lipinski definition) is 6. The van der Waals surface area contributed by atoms with Crippen molar-refractivity contribution < 1.29 is 13.2 Å². The minimum Gasteiger partial charge on any atom is -0.353 e. The molecule has 3 rings (SSSR count). The number of aromatic nitrogens is 2. The third-order valence-corrected chi connectivity index (χ3v) is 6.25. The Labute approximate surface area is 153 Å². The van der Waals surface area contributed by atoms with E-state index in [-0.39, 0.29) is 23.5 Å². The van der Waals surface area contributed by atoms with Gasteiger partial charge in [0.1, 0.15) is 5.82 Å². The molecule has 7 nitrogen and oxygen atoms in total. The molecule has 1 amide bonds. The normalized spacial score (nSPS) is 18.4. The number of amides is 1. The second-order valence-electron chi connectivity index (χ2n) is 6.29. The molecule has 8 heteroatoms. The molecule has 2 aromatic rings. The van der Waals surface area contributed by atoms with Gasteiger partial charge in [-0.2, -0.15) is 0 Å². The summed E-state index contributed by atoms with van der Waals surface area (Å²) in [6.45, 7) is 3.06. The summed E-state index contributed by atoms with van der Waals surface area (Å²) in [7, 11) is -2.95. The molecule has 0 spiro atoms. The van der Waals surface area contributed by atoms with Crippen LogP contribution in [0.15, 0.2) is 42.9 Å². The van der Waals surface area contributed by atoms with E-state index in [9.17, 15) is 13.2 Å². The molecule has 1 saturated heterocycles. The van der Waals surface area contributed by atoms with E-state index in [1.807, 2.05) is 24.0 Å². The number of nitrogens with one attached hydrogen (secondary N) is 1. The zero-order valence-electron chi connectivity index (χ0n) is 14.6. The molecule has 2 aromatic heterocycles. The second kappa shape index (κ2) is 7.82. The van der Waals surface area contributed by atoms with Gasteiger partial charge in [-0.05, 0) is 43.2 Å². The molecule has 0 bridgehead atoms. The van der Waals surface area contributed by atoms with Crippen LogP contribution in [0.2, 0.25) is 0 Å². The van der Waals surface area contributed by atoms with Crippen LogP contribution in [-0.2, 0) is 16.4 Å². The maximum Gasteiger partial charge on any atom is 0.253 e. The zero-order valence-corrected chi connectivity index (χ0v) is 15.4. The summed E-state index contributed by atoms with van der Waals surface area (Å²) in [5, 5.41) is 2.84. The molecule has 0 saturated carbocycles. The number of pyridine rings is 2.